The number of thiophene rings is 2. The van der Waals surface area contributed by atoms with Crippen LogP contribution < -0.4 is 0 Å². The average molecular weight is 451 g/mol. The summed E-state index contributed by atoms with van der Waals surface area (Å²) in [5.74, 6) is 0. The number of fused-ring (bicyclic) bond motifs is 1. The molecule has 132 valence electrons. The number of halogens is 1. The molecular formula is C22H15BrN2S2. The number of hydrogen-bond acceptors (Lipinski definition) is 4. The number of nitrogens with zero attached hydrogens (tertiary/aromatic N) is 2. The maximum absolute atomic E-state index is 9.74. The Labute approximate surface area is 174 Å². The van der Waals surface area contributed by atoms with Gasteiger partial charge in [-0.3, -0.25) is 4.99 Å². The van der Waals surface area contributed by atoms with Gasteiger partial charge < -0.3 is 0 Å². The van der Waals surface area contributed by atoms with Crippen molar-refractivity contribution in [1.29, 1.82) is 5.26 Å². The van der Waals surface area contributed by atoms with Crippen molar-refractivity contribution in [1.82, 2.24) is 0 Å². The molecule has 1 atom stereocenters. The molecule has 5 heteroatoms. The Bertz CT molecular complexity index is 1050. The van der Waals surface area contributed by atoms with Gasteiger partial charge in [-0.15, -0.1) is 22.7 Å². The summed E-state index contributed by atoms with van der Waals surface area (Å²) in [7, 11) is 0. The van der Waals surface area contributed by atoms with Crippen LogP contribution in [0.3, 0.4) is 0 Å². The Morgan fingerprint density at radius 2 is 1.52 bits per heavy atom. The predicted octanol–water partition coefficient (Wildman–Crippen LogP) is 6.70. The van der Waals surface area contributed by atoms with Crippen molar-refractivity contribution in [3.8, 4) is 6.07 Å². The summed E-state index contributed by atoms with van der Waals surface area (Å²) in [4.78, 5) is 6.05. The molecule has 0 saturated heterocycles. The molecule has 0 amide bonds. The van der Waals surface area contributed by atoms with E-state index in [0.717, 1.165) is 20.6 Å². The minimum absolute atomic E-state index is 0.420. The number of rotatable bonds is 5. The second kappa shape index (κ2) is 8.18. The molecule has 4 aromatic rings. The molecule has 2 nitrogen and oxygen atoms in total. The van der Waals surface area contributed by atoms with Gasteiger partial charge in [-0.2, -0.15) is 5.26 Å². The number of benzene rings is 2. The minimum atomic E-state index is -0.420. The highest BCUT2D eigenvalue weighted by atomic mass is 79.9. The first-order valence-corrected chi connectivity index (χ1v) is 10.9. The summed E-state index contributed by atoms with van der Waals surface area (Å²) in [6.07, 6.45) is 0.628. The standard InChI is InChI=1S/C22H15BrN2S2/c23-21-13-20-19(27-21)12-18(26-20)11-17(14-24)25-22(15-7-3-1-4-8-15)16-9-5-2-6-10-16/h1-10,12-13,17H,11H2. The highest BCUT2D eigenvalue weighted by Gasteiger charge is 2.14. The summed E-state index contributed by atoms with van der Waals surface area (Å²) >= 11 is 6.99. The first-order chi connectivity index (χ1) is 13.2. The van der Waals surface area contributed by atoms with Crippen molar-refractivity contribution < 1.29 is 0 Å². The van der Waals surface area contributed by atoms with Crippen LogP contribution in [0.1, 0.15) is 16.0 Å². The van der Waals surface area contributed by atoms with E-state index in [4.69, 9.17) is 4.99 Å². The van der Waals surface area contributed by atoms with Crippen LogP contribution in [-0.2, 0) is 6.42 Å². The van der Waals surface area contributed by atoms with Gasteiger partial charge in [0.1, 0.15) is 6.04 Å². The lowest BCUT2D eigenvalue weighted by Gasteiger charge is -2.10. The molecule has 2 heterocycles. The molecule has 0 saturated carbocycles. The van der Waals surface area contributed by atoms with Crippen LogP contribution in [0.2, 0.25) is 0 Å². The van der Waals surface area contributed by atoms with Crippen molar-refractivity contribution >= 4 is 53.7 Å². The van der Waals surface area contributed by atoms with E-state index >= 15 is 0 Å². The smallest absolute Gasteiger partial charge is 0.142 e. The average Bonchev–Trinajstić information content (AvgIpc) is 3.23. The quantitative estimate of drug-likeness (QED) is 0.311. The van der Waals surface area contributed by atoms with Crippen molar-refractivity contribution in [2.24, 2.45) is 4.99 Å². The lowest BCUT2D eigenvalue weighted by molar-refractivity contribution is 0.837. The summed E-state index contributed by atoms with van der Waals surface area (Å²) in [6.45, 7) is 0. The van der Waals surface area contributed by atoms with E-state index in [1.165, 1.54) is 14.3 Å². The van der Waals surface area contributed by atoms with Crippen LogP contribution in [-0.4, -0.2) is 11.8 Å². The molecule has 0 aliphatic rings. The number of nitriles is 1. The largest absolute Gasteiger partial charge is 0.265 e. The molecule has 2 aromatic heterocycles. The molecule has 2 aromatic carbocycles. The lowest BCUT2D eigenvalue weighted by Crippen LogP contribution is -2.12. The zero-order valence-electron chi connectivity index (χ0n) is 14.3. The molecule has 0 fully saturated rings. The molecule has 0 bridgehead atoms. The van der Waals surface area contributed by atoms with Crippen molar-refractivity contribution in [3.05, 3.63) is 92.6 Å². The molecule has 27 heavy (non-hydrogen) atoms. The van der Waals surface area contributed by atoms with E-state index in [1.807, 2.05) is 60.7 Å². The molecule has 4 rings (SSSR count). The fourth-order valence-electron chi connectivity index (χ4n) is 2.93. The van der Waals surface area contributed by atoms with Gasteiger partial charge in [0.2, 0.25) is 0 Å². The van der Waals surface area contributed by atoms with Gasteiger partial charge in [0.05, 0.1) is 15.6 Å². The van der Waals surface area contributed by atoms with Crippen LogP contribution in [0.4, 0.5) is 0 Å². The van der Waals surface area contributed by atoms with Crippen LogP contribution >= 0.6 is 38.6 Å². The predicted molar refractivity (Wildman–Crippen MR) is 119 cm³/mol. The van der Waals surface area contributed by atoms with Gasteiger partial charge in [-0.05, 0) is 28.1 Å². The van der Waals surface area contributed by atoms with Gasteiger partial charge in [-0.1, -0.05) is 60.7 Å². The zero-order valence-corrected chi connectivity index (χ0v) is 17.5. The third-order valence-electron chi connectivity index (χ3n) is 4.15. The SMILES string of the molecule is N#CC(Cc1cc2sc(Br)cc2s1)N=C(c1ccccc1)c1ccccc1. The highest BCUT2D eigenvalue weighted by molar-refractivity contribution is 9.11. The molecule has 0 aliphatic carbocycles. The number of aliphatic imine (C=N–C) groups is 1. The van der Waals surface area contributed by atoms with Crippen LogP contribution in [0, 0.1) is 11.3 Å². The molecule has 0 N–H and O–H groups in total. The Morgan fingerprint density at radius 3 is 2.07 bits per heavy atom. The van der Waals surface area contributed by atoms with E-state index in [9.17, 15) is 5.26 Å². The monoisotopic (exact) mass is 450 g/mol. The van der Waals surface area contributed by atoms with Gasteiger partial charge in [-0.25, -0.2) is 0 Å². The maximum Gasteiger partial charge on any atom is 0.142 e. The minimum Gasteiger partial charge on any atom is -0.265 e. The fraction of sp³-hybridized carbons (Fsp3) is 0.0909. The second-order valence-electron chi connectivity index (χ2n) is 6.05. The maximum atomic E-state index is 9.74. The van der Waals surface area contributed by atoms with E-state index in [2.05, 4.69) is 34.1 Å². The lowest BCUT2D eigenvalue weighted by atomic mass is 10.0. The van der Waals surface area contributed by atoms with Crippen molar-refractivity contribution in [3.63, 3.8) is 0 Å². The van der Waals surface area contributed by atoms with E-state index in [1.54, 1.807) is 22.7 Å². The molecule has 0 radical (unpaired) electrons. The van der Waals surface area contributed by atoms with E-state index < -0.39 is 6.04 Å². The van der Waals surface area contributed by atoms with Gasteiger partial charge >= 0.3 is 0 Å². The van der Waals surface area contributed by atoms with Gasteiger partial charge in [0.15, 0.2) is 0 Å². The van der Waals surface area contributed by atoms with Crippen molar-refractivity contribution in [2.45, 2.75) is 12.5 Å². The van der Waals surface area contributed by atoms with Crippen molar-refractivity contribution in [2.75, 3.05) is 0 Å². The summed E-state index contributed by atoms with van der Waals surface area (Å²) < 4.78 is 3.66. The Kier molecular flexibility index (Phi) is 5.49. The molecule has 0 aliphatic heterocycles. The number of hydrogen-bond donors (Lipinski definition) is 0. The van der Waals surface area contributed by atoms with Crippen LogP contribution in [0.15, 0.2) is 81.6 Å². The molecular weight excluding hydrogens is 436 g/mol. The Morgan fingerprint density at radius 1 is 0.926 bits per heavy atom. The van der Waals surface area contributed by atoms with Gasteiger partial charge in [0.25, 0.3) is 0 Å². The Balaban J connectivity index is 1.68. The topological polar surface area (TPSA) is 36.1 Å². The third kappa shape index (κ3) is 4.19. The van der Waals surface area contributed by atoms with Crippen LogP contribution in [0.25, 0.3) is 9.40 Å². The summed E-state index contributed by atoms with van der Waals surface area (Å²) in [5, 5.41) is 9.74. The summed E-state index contributed by atoms with van der Waals surface area (Å²) in [6, 6.07) is 26.4. The van der Waals surface area contributed by atoms with E-state index in [0.29, 0.717) is 6.42 Å². The first-order valence-electron chi connectivity index (χ1n) is 8.49. The normalized spacial score (nSPS) is 11.9. The summed E-state index contributed by atoms with van der Waals surface area (Å²) in [5.41, 5.74) is 2.92. The van der Waals surface area contributed by atoms with Gasteiger partial charge in [0, 0.05) is 31.8 Å². The van der Waals surface area contributed by atoms with Crippen LogP contribution in [0.5, 0.6) is 0 Å². The Hall–Kier alpha value is -2.26. The van der Waals surface area contributed by atoms with E-state index in [-0.39, 0.29) is 0 Å². The molecule has 0 spiro atoms. The first kappa shape index (κ1) is 18.1. The second-order valence-corrected chi connectivity index (χ2v) is 9.68. The third-order valence-corrected chi connectivity index (χ3v) is 6.97. The fourth-order valence-corrected chi connectivity index (χ4v) is 6.02. The zero-order chi connectivity index (χ0) is 18.6. The molecule has 1 unspecified atom stereocenters. The highest BCUT2D eigenvalue weighted by Crippen LogP contribution is 2.36.